The normalized spacial score (nSPS) is 16.0. The van der Waals surface area contributed by atoms with Gasteiger partial charge in [0, 0.05) is 28.5 Å². The maximum absolute atomic E-state index is 12.5. The van der Waals surface area contributed by atoms with Crippen LogP contribution in [0.25, 0.3) is 5.52 Å². The highest BCUT2D eigenvalue weighted by Crippen LogP contribution is 2.29. The van der Waals surface area contributed by atoms with Gasteiger partial charge in [-0.1, -0.05) is 0 Å². The summed E-state index contributed by atoms with van der Waals surface area (Å²) in [6, 6.07) is 12.8. The Morgan fingerprint density at radius 2 is 2.09 bits per heavy atom. The number of carbonyl (C=O) groups excluding carboxylic acids is 2. The Morgan fingerprint density at radius 3 is 2.83 bits per heavy atom. The molecule has 0 aliphatic carbocycles. The van der Waals surface area contributed by atoms with E-state index >= 15 is 0 Å². The predicted molar refractivity (Wildman–Crippen MR) is 133 cm³/mol. The van der Waals surface area contributed by atoms with E-state index in [0.717, 1.165) is 22.5 Å². The Kier molecular flexibility index (Phi) is 6.38. The molecular weight excluding hydrogens is 466 g/mol. The number of aryl methyl sites for hydroxylation is 1. The minimum atomic E-state index is -0.380. The minimum Gasteiger partial charge on any atom is -0.368 e. The number of H-pyrrole nitrogens is 1. The molecule has 2 amide bonds. The summed E-state index contributed by atoms with van der Waals surface area (Å²) in [6.45, 7) is 2.77. The maximum atomic E-state index is 12.5. The van der Waals surface area contributed by atoms with E-state index in [1.165, 1.54) is 11.8 Å². The van der Waals surface area contributed by atoms with Gasteiger partial charge in [-0.2, -0.15) is 5.10 Å². The van der Waals surface area contributed by atoms with Crippen molar-refractivity contribution >= 4 is 46.4 Å². The van der Waals surface area contributed by atoms with E-state index < -0.39 is 0 Å². The number of primary amides is 1. The second kappa shape index (κ2) is 9.76. The van der Waals surface area contributed by atoms with Crippen LogP contribution >= 0.6 is 11.8 Å². The Hall–Kier alpha value is -3.90. The molecule has 1 aliphatic heterocycles. The van der Waals surface area contributed by atoms with Gasteiger partial charge in [-0.25, -0.2) is 9.50 Å². The number of aromatic nitrogens is 5. The Morgan fingerprint density at radius 1 is 1.26 bits per heavy atom. The average molecular weight is 492 g/mol. The molecule has 3 aromatic heterocycles. The molecule has 4 aromatic rings. The predicted octanol–water partition coefficient (Wildman–Crippen LogP) is 2.54. The summed E-state index contributed by atoms with van der Waals surface area (Å²) in [5.41, 5.74) is 7.89. The van der Waals surface area contributed by atoms with Crippen molar-refractivity contribution in [2.24, 2.45) is 5.73 Å². The summed E-state index contributed by atoms with van der Waals surface area (Å²) < 4.78 is 1.77. The Labute approximate surface area is 205 Å². The van der Waals surface area contributed by atoms with Crippen molar-refractivity contribution in [3.8, 4) is 0 Å². The van der Waals surface area contributed by atoms with Crippen molar-refractivity contribution in [3.05, 3.63) is 54.4 Å². The maximum Gasteiger partial charge on any atom is 0.238 e. The summed E-state index contributed by atoms with van der Waals surface area (Å²) in [6.07, 6.45) is 3.43. The first kappa shape index (κ1) is 22.9. The van der Waals surface area contributed by atoms with Crippen LogP contribution in [0.4, 0.5) is 17.3 Å². The summed E-state index contributed by atoms with van der Waals surface area (Å²) in [5, 5.41) is 18.4. The summed E-state index contributed by atoms with van der Waals surface area (Å²) in [7, 11) is 0. The number of amides is 2. The number of rotatable bonds is 8. The van der Waals surface area contributed by atoms with Gasteiger partial charge in [-0.05, 0) is 74.5 Å². The number of nitrogens with one attached hydrogen (secondary N) is 3. The van der Waals surface area contributed by atoms with E-state index in [2.05, 4.69) is 30.9 Å². The van der Waals surface area contributed by atoms with Crippen molar-refractivity contribution in [3.63, 3.8) is 0 Å². The molecule has 1 aromatic carbocycles. The summed E-state index contributed by atoms with van der Waals surface area (Å²) in [5.74, 6) is 0.773. The van der Waals surface area contributed by atoms with E-state index in [9.17, 15) is 9.59 Å². The molecule has 0 spiro atoms. The molecule has 0 unspecified atom stereocenters. The molecule has 1 atom stereocenters. The Bertz CT molecular complexity index is 1370. The number of hydrogen-bond acceptors (Lipinski definition) is 8. The second-order valence-electron chi connectivity index (χ2n) is 8.35. The highest BCUT2D eigenvalue weighted by atomic mass is 32.2. The molecule has 11 nitrogen and oxygen atoms in total. The molecule has 0 saturated carbocycles. The van der Waals surface area contributed by atoms with Crippen molar-refractivity contribution in [2.45, 2.75) is 35.9 Å². The van der Waals surface area contributed by atoms with Crippen molar-refractivity contribution in [2.75, 3.05) is 23.7 Å². The topological polar surface area (TPSA) is 146 Å². The number of aromatic amines is 1. The van der Waals surface area contributed by atoms with Crippen molar-refractivity contribution in [1.29, 1.82) is 0 Å². The van der Waals surface area contributed by atoms with E-state index in [0.29, 0.717) is 35.4 Å². The zero-order valence-electron chi connectivity index (χ0n) is 19.1. The van der Waals surface area contributed by atoms with Crippen LogP contribution < -0.4 is 16.4 Å². The van der Waals surface area contributed by atoms with Gasteiger partial charge in [0.05, 0.1) is 12.6 Å². The first-order chi connectivity index (χ1) is 16.9. The first-order valence-electron chi connectivity index (χ1n) is 11.2. The number of nitrogens with zero attached hydrogens (tertiary/aromatic N) is 5. The molecule has 180 valence electrons. The monoisotopic (exact) mass is 491 g/mol. The van der Waals surface area contributed by atoms with Crippen LogP contribution in [0.5, 0.6) is 0 Å². The number of benzene rings is 1. The van der Waals surface area contributed by atoms with Gasteiger partial charge in [0.15, 0.2) is 11.6 Å². The molecule has 12 heteroatoms. The van der Waals surface area contributed by atoms with Gasteiger partial charge in [-0.3, -0.25) is 19.6 Å². The number of nitrogens with two attached hydrogens (primary N) is 1. The van der Waals surface area contributed by atoms with Crippen LogP contribution in [0.1, 0.15) is 18.5 Å². The van der Waals surface area contributed by atoms with Gasteiger partial charge >= 0.3 is 0 Å². The fraction of sp³-hybridized carbons (Fsp3) is 0.261. The van der Waals surface area contributed by atoms with Gasteiger partial charge < -0.3 is 16.4 Å². The van der Waals surface area contributed by atoms with Gasteiger partial charge in [0.2, 0.25) is 17.0 Å². The van der Waals surface area contributed by atoms with Crippen LogP contribution in [0.3, 0.4) is 0 Å². The highest BCUT2D eigenvalue weighted by molar-refractivity contribution is 7.99. The largest absolute Gasteiger partial charge is 0.368 e. The van der Waals surface area contributed by atoms with Crippen molar-refractivity contribution < 1.29 is 9.59 Å². The van der Waals surface area contributed by atoms with Gasteiger partial charge in [-0.15, -0.1) is 5.10 Å². The third kappa shape index (κ3) is 5.28. The third-order valence-corrected chi connectivity index (χ3v) is 6.57. The molecular formula is C23H25N9O2S. The number of anilines is 3. The molecule has 0 radical (unpaired) electrons. The van der Waals surface area contributed by atoms with E-state index in [1.807, 2.05) is 60.5 Å². The lowest BCUT2D eigenvalue weighted by Crippen LogP contribution is -2.43. The quantitative estimate of drug-likeness (QED) is 0.294. The third-order valence-electron chi connectivity index (χ3n) is 5.71. The standard InChI is InChI=1S/C23H25N9O2S/c1-14-12-19(29-28-14)26-22-18-5-3-11-32(18)30-23(27-22)35-16-8-6-15(7-9-16)25-20(33)13-31-10-2-4-17(31)21(24)34/h3,5-9,11-12,17H,2,4,10,13H2,1H3,(H2,24,34)(H,25,33)(H2,26,27,28,29,30)/t17-/m1/s1. The lowest BCUT2D eigenvalue weighted by atomic mass is 10.2. The van der Waals surface area contributed by atoms with Crippen LogP contribution in [0.15, 0.2) is 58.7 Å². The molecule has 4 heterocycles. The van der Waals surface area contributed by atoms with Crippen LogP contribution in [-0.4, -0.2) is 60.6 Å². The zero-order valence-corrected chi connectivity index (χ0v) is 19.9. The fourth-order valence-corrected chi connectivity index (χ4v) is 4.84. The second-order valence-corrected chi connectivity index (χ2v) is 9.39. The molecule has 5 rings (SSSR count). The average Bonchev–Trinajstić information content (AvgIpc) is 3.56. The molecule has 5 N–H and O–H groups in total. The van der Waals surface area contributed by atoms with Crippen LogP contribution in [0, 0.1) is 6.92 Å². The molecule has 1 aliphatic rings. The number of fused-ring (bicyclic) bond motifs is 1. The van der Waals surface area contributed by atoms with Gasteiger partial charge in [0.1, 0.15) is 5.52 Å². The van der Waals surface area contributed by atoms with Gasteiger partial charge in [0.25, 0.3) is 0 Å². The lowest BCUT2D eigenvalue weighted by molar-refractivity contribution is -0.123. The van der Waals surface area contributed by atoms with Crippen molar-refractivity contribution in [1.82, 2.24) is 29.7 Å². The molecule has 1 saturated heterocycles. The zero-order chi connectivity index (χ0) is 24.4. The molecule has 1 fully saturated rings. The van der Waals surface area contributed by atoms with Crippen LogP contribution in [-0.2, 0) is 9.59 Å². The fourth-order valence-electron chi connectivity index (χ4n) is 4.09. The number of carbonyl (C=O) groups is 2. The minimum absolute atomic E-state index is 0.139. The van der Waals surface area contributed by atoms with E-state index in [4.69, 9.17) is 5.73 Å². The van der Waals surface area contributed by atoms with Crippen LogP contribution in [0.2, 0.25) is 0 Å². The Balaban J connectivity index is 1.25. The smallest absolute Gasteiger partial charge is 0.238 e. The number of hydrogen-bond donors (Lipinski definition) is 4. The SMILES string of the molecule is Cc1cc(Nc2nc(Sc3ccc(NC(=O)CN4CCC[C@@H]4C(N)=O)cc3)nn3cccc23)n[nH]1. The lowest BCUT2D eigenvalue weighted by Gasteiger charge is -2.21. The molecule has 0 bridgehead atoms. The molecule has 35 heavy (non-hydrogen) atoms. The summed E-state index contributed by atoms with van der Waals surface area (Å²) >= 11 is 1.41. The summed E-state index contributed by atoms with van der Waals surface area (Å²) in [4.78, 5) is 31.4. The van der Waals surface area contributed by atoms with E-state index in [-0.39, 0.29) is 24.4 Å². The highest BCUT2D eigenvalue weighted by Gasteiger charge is 2.30. The first-order valence-corrected chi connectivity index (χ1v) is 12.0. The number of likely N-dealkylation sites (tertiary alicyclic amines) is 1. The van der Waals surface area contributed by atoms with E-state index in [1.54, 1.807) is 4.52 Å².